The van der Waals surface area contributed by atoms with Crippen LogP contribution in [-0.2, 0) is 0 Å². The van der Waals surface area contributed by atoms with Gasteiger partial charge >= 0.3 is 0 Å². The Hall–Kier alpha value is -2.94. The minimum absolute atomic E-state index is 0.0204. The van der Waals surface area contributed by atoms with Gasteiger partial charge in [0.15, 0.2) is 5.75 Å². The SMILES string of the molecule is Cc1cc(C)c([N+](=O)[O-])cc1Oc1cnccc1C#N. The maximum absolute atomic E-state index is 10.9. The average molecular weight is 269 g/mol. The molecule has 0 saturated heterocycles. The minimum Gasteiger partial charge on any atom is -0.454 e. The summed E-state index contributed by atoms with van der Waals surface area (Å²) in [5.74, 6) is 0.614. The largest absolute Gasteiger partial charge is 0.454 e. The van der Waals surface area contributed by atoms with Crippen molar-refractivity contribution >= 4 is 5.69 Å². The lowest BCUT2D eigenvalue weighted by Crippen LogP contribution is -1.96. The Labute approximate surface area is 115 Å². The second-order valence-corrected chi connectivity index (χ2v) is 4.25. The maximum Gasteiger partial charge on any atom is 0.276 e. The van der Waals surface area contributed by atoms with Gasteiger partial charge in [0.25, 0.3) is 5.69 Å². The predicted molar refractivity (Wildman–Crippen MR) is 71.6 cm³/mol. The molecule has 0 aliphatic carbocycles. The van der Waals surface area contributed by atoms with Gasteiger partial charge in [0.1, 0.15) is 11.8 Å². The Morgan fingerprint density at radius 3 is 2.70 bits per heavy atom. The molecule has 6 heteroatoms. The summed E-state index contributed by atoms with van der Waals surface area (Å²) in [7, 11) is 0. The molecule has 0 aliphatic rings. The molecular weight excluding hydrogens is 258 g/mol. The normalized spacial score (nSPS) is 9.85. The van der Waals surface area contributed by atoms with Crippen LogP contribution in [0.2, 0.25) is 0 Å². The van der Waals surface area contributed by atoms with Gasteiger partial charge in [-0.15, -0.1) is 0 Å². The molecule has 1 heterocycles. The standard InChI is InChI=1S/C14H11N3O3/c1-9-5-10(2)13(6-12(9)17(18)19)20-14-8-16-4-3-11(14)7-15/h3-6,8H,1-2H3. The Bertz CT molecular complexity index is 720. The summed E-state index contributed by atoms with van der Waals surface area (Å²) in [6.45, 7) is 3.45. The van der Waals surface area contributed by atoms with E-state index in [9.17, 15) is 10.1 Å². The number of pyridine rings is 1. The third-order valence-corrected chi connectivity index (χ3v) is 2.82. The van der Waals surface area contributed by atoms with Crippen LogP contribution in [0.25, 0.3) is 0 Å². The van der Waals surface area contributed by atoms with E-state index in [-0.39, 0.29) is 11.4 Å². The van der Waals surface area contributed by atoms with Crippen LogP contribution in [0.1, 0.15) is 16.7 Å². The molecule has 20 heavy (non-hydrogen) atoms. The number of hydrogen-bond acceptors (Lipinski definition) is 5. The summed E-state index contributed by atoms with van der Waals surface area (Å²) in [6.07, 6.45) is 2.89. The van der Waals surface area contributed by atoms with Crippen molar-refractivity contribution in [1.82, 2.24) is 4.98 Å². The highest BCUT2D eigenvalue weighted by Gasteiger charge is 2.16. The van der Waals surface area contributed by atoms with Crippen LogP contribution >= 0.6 is 0 Å². The Morgan fingerprint density at radius 1 is 1.30 bits per heavy atom. The van der Waals surface area contributed by atoms with E-state index in [1.54, 1.807) is 19.9 Å². The summed E-state index contributed by atoms with van der Waals surface area (Å²) in [5, 5.41) is 19.9. The topological polar surface area (TPSA) is 89.1 Å². The van der Waals surface area contributed by atoms with E-state index in [1.807, 2.05) is 6.07 Å². The van der Waals surface area contributed by atoms with Gasteiger partial charge in [0.05, 0.1) is 22.7 Å². The smallest absolute Gasteiger partial charge is 0.276 e. The molecule has 0 N–H and O–H groups in total. The molecule has 0 aliphatic heterocycles. The Kier molecular flexibility index (Phi) is 3.62. The number of ether oxygens (including phenoxy) is 1. The highest BCUT2D eigenvalue weighted by Crippen LogP contribution is 2.32. The Morgan fingerprint density at radius 2 is 2.05 bits per heavy atom. The summed E-state index contributed by atoms with van der Waals surface area (Å²) < 4.78 is 5.59. The van der Waals surface area contributed by atoms with Gasteiger partial charge < -0.3 is 4.74 Å². The number of hydrogen-bond donors (Lipinski definition) is 0. The second-order valence-electron chi connectivity index (χ2n) is 4.25. The van der Waals surface area contributed by atoms with E-state index >= 15 is 0 Å². The first-order valence-corrected chi connectivity index (χ1v) is 5.80. The van der Waals surface area contributed by atoms with Crippen LogP contribution in [0, 0.1) is 35.3 Å². The molecule has 100 valence electrons. The highest BCUT2D eigenvalue weighted by atomic mass is 16.6. The number of nitro benzene ring substituents is 1. The lowest BCUT2D eigenvalue weighted by molar-refractivity contribution is -0.385. The van der Waals surface area contributed by atoms with E-state index in [4.69, 9.17) is 10.00 Å². The van der Waals surface area contributed by atoms with Crippen molar-refractivity contribution in [3.8, 4) is 17.6 Å². The molecule has 6 nitrogen and oxygen atoms in total. The van der Waals surface area contributed by atoms with Crippen molar-refractivity contribution in [1.29, 1.82) is 5.26 Å². The number of benzene rings is 1. The van der Waals surface area contributed by atoms with E-state index in [0.717, 1.165) is 5.56 Å². The van der Waals surface area contributed by atoms with E-state index in [1.165, 1.54) is 24.5 Å². The van der Waals surface area contributed by atoms with Crippen molar-refractivity contribution in [3.05, 3.63) is 57.4 Å². The minimum atomic E-state index is -0.462. The van der Waals surface area contributed by atoms with E-state index < -0.39 is 4.92 Å². The number of aryl methyl sites for hydroxylation is 2. The lowest BCUT2D eigenvalue weighted by atomic mass is 10.1. The van der Waals surface area contributed by atoms with Gasteiger partial charge in [0, 0.05) is 11.8 Å². The molecule has 2 aromatic rings. The van der Waals surface area contributed by atoms with Gasteiger partial charge in [0.2, 0.25) is 0 Å². The summed E-state index contributed by atoms with van der Waals surface area (Å²) in [4.78, 5) is 14.4. The maximum atomic E-state index is 10.9. The Balaban J connectivity index is 2.46. The average Bonchev–Trinajstić information content (AvgIpc) is 2.42. The van der Waals surface area contributed by atoms with Gasteiger partial charge in [-0.05, 0) is 31.5 Å². The molecular formula is C14H11N3O3. The van der Waals surface area contributed by atoms with Crippen LogP contribution in [0.3, 0.4) is 0 Å². The zero-order valence-electron chi connectivity index (χ0n) is 11.0. The molecule has 1 aromatic heterocycles. The number of nitriles is 1. The molecule has 0 bridgehead atoms. The third kappa shape index (κ3) is 2.57. The fraction of sp³-hybridized carbons (Fsp3) is 0.143. The van der Waals surface area contributed by atoms with Crippen molar-refractivity contribution < 1.29 is 9.66 Å². The first-order chi connectivity index (χ1) is 9.52. The number of rotatable bonds is 3. The molecule has 1 aromatic carbocycles. The lowest BCUT2D eigenvalue weighted by Gasteiger charge is -2.10. The second kappa shape index (κ2) is 5.36. The van der Waals surface area contributed by atoms with Crippen LogP contribution in [-0.4, -0.2) is 9.91 Å². The summed E-state index contributed by atoms with van der Waals surface area (Å²) >= 11 is 0. The molecule has 0 radical (unpaired) electrons. The fourth-order valence-electron chi connectivity index (χ4n) is 1.80. The molecule has 0 atom stereocenters. The van der Waals surface area contributed by atoms with Crippen molar-refractivity contribution in [3.63, 3.8) is 0 Å². The molecule has 2 rings (SSSR count). The van der Waals surface area contributed by atoms with Crippen LogP contribution < -0.4 is 4.74 Å². The number of nitro groups is 1. The monoisotopic (exact) mass is 269 g/mol. The molecule has 0 fully saturated rings. The van der Waals surface area contributed by atoms with Crippen LogP contribution in [0.5, 0.6) is 11.5 Å². The third-order valence-electron chi connectivity index (χ3n) is 2.82. The first-order valence-electron chi connectivity index (χ1n) is 5.80. The zero-order chi connectivity index (χ0) is 14.7. The number of nitrogens with zero attached hydrogens (tertiary/aromatic N) is 3. The molecule has 0 spiro atoms. The fourth-order valence-corrected chi connectivity index (χ4v) is 1.80. The van der Waals surface area contributed by atoms with Crippen molar-refractivity contribution in [2.45, 2.75) is 13.8 Å². The predicted octanol–water partition coefficient (Wildman–Crippen LogP) is 3.27. The van der Waals surface area contributed by atoms with Crippen LogP contribution in [0.15, 0.2) is 30.6 Å². The van der Waals surface area contributed by atoms with Crippen molar-refractivity contribution in [2.24, 2.45) is 0 Å². The summed E-state index contributed by atoms with van der Waals surface area (Å²) in [5.41, 5.74) is 1.61. The van der Waals surface area contributed by atoms with E-state index in [2.05, 4.69) is 4.98 Å². The first kappa shape index (κ1) is 13.5. The highest BCUT2D eigenvalue weighted by molar-refractivity contribution is 5.52. The molecule has 0 amide bonds. The van der Waals surface area contributed by atoms with Crippen LogP contribution in [0.4, 0.5) is 5.69 Å². The van der Waals surface area contributed by atoms with Gasteiger partial charge in [-0.3, -0.25) is 15.1 Å². The van der Waals surface area contributed by atoms with E-state index in [0.29, 0.717) is 16.9 Å². The summed E-state index contributed by atoms with van der Waals surface area (Å²) in [6, 6.07) is 6.54. The van der Waals surface area contributed by atoms with Gasteiger partial charge in [-0.1, -0.05) is 0 Å². The van der Waals surface area contributed by atoms with Gasteiger partial charge in [-0.25, -0.2) is 0 Å². The number of aromatic nitrogens is 1. The zero-order valence-corrected chi connectivity index (χ0v) is 11.0. The quantitative estimate of drug-likeness (QED) is 0.630. The van der Waals surface area contributed by atoms with Gasteiger partial charge in [-0.2, -0.15) is 5.26 Å². The van der Waals surface area contributed by atoms with Crippen molar-refractivity contribution in [2.75, 3.05) is 0 Å². The molecule has 0 saturated carbocycles. The molecule has 0 unspecified atom stereocenters.